The molecule has 1 aromatic rings. The summed E-state index contributed by atoms with van der Waals surface area (Å²) in [6.45, 7) is 0. The first-order valence-electron chi connectivity index (χ1n) is 3.29. The highest BCUT2D eigenvalue weighted by Gasteiger charge is 2.21. The monoisotopic (exact) mass is 236 g/mol. The largest absolute Gasteiger partial charge is 0.289 e. The summed E-state index contributed by atoms with van der Waals surface area (Å²) in [6.07, 6.45) is 0. The number of primary sulfonamides is 1. The number of rotatable bonds is 2. The maximum atomic E-state index is 10.9. The molecule has 0 saturated carbocycles. The number of nitro groups is 1. The number of nitrogens with two attached hydrogens (primary N) is 1. The van der Waals surface area contributed by atoms with Crippen LogP contribution in [0.2, 0.25) is 5.02 Å². The Bertz CT molecular complexity index is 485. The molecule has 6 nitrogen and oxygen atoms in total. The highest BCUT2D eigenvalue weighted by atomic mass is 35.5. The van der Waals surface area contributed by atoms with Gasteiger partial charge in [-0.15, -0.1) is 0 Å². The minimum absolute atomic E-state index is 0.451. The van der Waals surface area contributed by atoms with Gasteiger partial charge in [-0.1, -0.05) is 17.7 Å². The lowest BCUT2D eigenvalue weighted by Gasteiger charge is -2.00. The summed E-state index contributed by atoms with van der Waals surface area (Å²) in [5, 5.41) is 14.7. The van der Waals surface area contributed by atoms with Gasteiger partial charge < -0.3 is 0 Å². The van der Waals surface area contributed by atoms with E-state index in [1.165, 1.54) is 6.07 Å². The van der Waals surface area contributed by atoms with Gasteiger partial charge in [0.1, 0.15) is 9.92 Å². The first-order valence-corrected chi connectivity index (χ1v) is 5.22. The third kappa shape index (κ3) is 2.00. The Morgan fingerprint density at radius 2 is 2.00 bits per heavy atom. The molecule has 0 heterocycles. The zero-order chi connectivity index (χ0) is 10.9. The summed E-state index contributed by atoms with van der Waals surface area (Å²) in [7, 11) is -4.03. The second-order valence-corrected chi connectivity index (χ2v) is 4.30. The summed E-state index contributed by atoms with van der Waals surface area (Å²) in [6, 6.07) is 3.39. The van der Waals surface area contributed by atoms with Gasteiger partial charge in [-0.3, -0.25) is 10.1 Å². The molecule has 2 N–H and O–H groups in total. The maximum absolute atomic E-state index is 10.9. The number of halogens is 1. The zero-order valence-electron chi connectivity index (χ0n) is 6.68. The number of benzene rings is 1. The van der Waals surface area contributed by atoms with Crippen LogP contribution in [-0.4, -0.2) is 13.3 Å². The van der Waals surface area contributed by atoms with Crippen molar-refractivity contribution in [2.24, 2.45) is 5.14 Å². The van der Waals surface area contributed by atoms with Gasteiger partial charge in [0.05, 0.1) is 4.92 Å². The lowest BCUT2D eigenvalue weighted by Crippen LogP contribution is -2.13. The smallest absolute Gasteiger partial charge is 0.258 e. The number of hydrogen-bond acceptors (Lipinski definition) is 4. The van der Waals surface area contributed by atoms with Crippen LogP contribution in [0.15, 0.2) is 23.1 Å². The quantitative estimate of drug-likeness (QED) is 0.608. The molecule has 1 rings (SSSR count). The summed E-state index contributed by atoms with van der Waals surface area (Å²) in [5.74, 6) is 0. The van der Waals surface area contributed by atoms with Crippen molar-refractivity contribution in [2.45, 2.75) is 4.90 Å². The Kier molecular flexibility index (Phi) is 2.74. The average Bonchev–Trinajstić information content (AvgIpc) is 2.01. The van der Waals surface area contributed by atoms with Crippen molar-refractivity contribution >= 4 is 27.3 Å². The van der Waals surface area contributed by atoms with Gasteiger partial charge in [0.15, 0.2) is 0 Å². The molecular formula is C6H5ClN2O4S. The second kappa shape index (κ2) is 3.52. The lowest BCUT2D eigenvalue weighted by molar-refractivity contribution is -0.384. The Morgan fingerprint density at radius 3 is 2.43 bits per heavy atom. The summed E-state index contributed by atoms with van der Waals surface area (Å²) in [5.41, 5.74) is -0.488. The van der Waals surface area contributed by atoms with Crippen molar-refractivity contribution in [1.82, 2.24) is 0 Å². The Labute approximate surface area is 84.5 Å². The summed E-state index contributed by atoms with van der Waals surface area (Å²) < 4.78 is 21.8. The molecule has 0 aliphatic rings. The minimum Gasteiger partial charge on any atom is -0.258 e. The Morgan fingerprint density at radius 1 is 1.43 bits per heavy atom. The summed E-state index contributed by atoms with van der Waals surface area (Å²) >= 11 is 5.49. The maximum Gasteiger partial charge on any atom is 0.289 e. The molecule has 0 saturated heterocycles. The molecule has 0 aliphatic heterocycles. The minimum atomic E-state index is -4.03. The number of nitrogens with zero attached hydrogens (tertiary/aromatic N) is 1. The molecule has 0 atom stereocenters. The molecule has 0 spiro atoms. The number of nitro benzene ring substituents is 1. The molecule has 1 aromatic carbocycles. The average molecular weight is 237 g/mol. The molecule has 0 aliphatic carbocycles. The Hall–Kier alpha value is -1.18. The first kappa shape index (κ1) is 10.9. The molecule has 8 heteroatoms. The van der Waals surface area contributed by atoms with Gasteiger partial charge in [-0.25, -0.2) is 13.6 Å². The van der Waals surface area contributed by atoms with Crippen molar-refractivity contribution < 1.29 is 13.3 Å². The third-order valence-corrected chi connectivity index (χ3v) is 2.91. The zero-order valence-corrected chi connectivity index (χ0v) is 8.25. The van der Waals surface area contributed by atoms with Crippen molar-refractivity contribution in [1.29, 1.82) is 0 Å². The van der Waals surface area contributed by atoms with Crippen LogP contribution in [-0.2, 0) is 10.0 Å². The van der Waals surface area contributed by atoms with Gasteiger partial charge in [-0.2, -0.15) is 0 Å². The van der Waals surface area contributed by atoms with Crippen LogP contribution >= 0.6 is 11.6 Å². The molecular weight excluding hydrogens is 232 g/mol. The molecule has 76 valence electrons. The van der Waals surface area contributed by atoms with E-state index in [2.05, 4.69) is 0 Å². The molecule has 0 radical (unpaired) electrons. The number of sulfonamides is 1. The fourth-order valence-corrected chi connectivity index (χ4v) is 2.00. The predicted molar refractivity (Wildman–Crippen MR) is 49.5 cm³/mol. The van der Waals surface area contributed by atoms with Crippen molar-refractivity contribution in [3.05, 3.63) is 33.3 Å². The van der Waals surface area contributed by atoms with Crippen LogP contribution in [0.4, 0.5) is 5.69 Å². The van der Waals surface area contributed by atoms with E-state index < -0.39 is 30.6 Å². The third-order valence-electron chi connectivity index (χ3n) is 1.45. The van der Waals surface area contributed by atoms with Crippen molar-refractivity contribution in [2.75, 3.05) is 0 Å². The molecule has 0 aromatic heterocycles. The SMILES string of the molecule is NS(=O)(=O)c1cccc([N+](=O)[O-])c1Cl. The molecule has 0 amide bonds. The van der Waals surface area contributed by atoms with Gasteiger partial charge in [0, 0.05) is 6.07 Å². The van der Waals surface area contributed by atoms with Crippen molar-refractivity contribution in [3.63, 3.8) is 0 Å². The van der Waals surface area contributed by atoms with E-state index >= 15 is 0 Å². The summed E-state index contributed by atoms with van der Waals surface area (Å²) in [4.78, 5) is 9.16. The standard InChI is InChI=1S/C6H5ClN2O4S/c7-6-4(9(10)11)2-1-3-5(6)14(8,12)13/h1-3H,(H2,8,12,13). The molecule has 0 unspecified atom stereocenters. The predicted octanol–water partition coefficient (Wildman–Crippen LogP) is 0.896. The van der Waals surface area contributed by atoms with Gasteiger partial charge >= 0.3 is 0 Å². The Balaban J connectivity index is 3.51. The van der Waals surface area contributed by atoms with Crippen LogP contribution in [0.25, 0.3) is 0 Å². The highest BCUT2D eigenvalue weighted by molar-refractivity contribution is 7.89. The topological polar surface area (TPSA) is 103 Å². The van der Waals surface area contributed by atoms with Gasteiger partial charge in [0.2, 0.25) is 10.0 Å². The van der Waals surface area contributed by atoms with E-state index in [4.69, 9.17) is 16.7 Å². The van der Waals surface area contributed by atoms with Crippen LogP contribution in [0.1, 0.15) is 0 Å². The molecule has 14 heavy (non-hydrogen) atoms. The van der Waals surface area contributed by atoms with Gasteiger partial charge in [-0.05, 0) is 6.07 Å². The van der Waals surface area contributed by atoms with E-state index in [1.54, 1.807) is 0 Å². The van der Waals surface area contributed by atoms with Crippen LogP contribution in [0.3, 0.4) is 0 Å². The fraction of sp³-hybridized carbons (Fsp3) is 0. The van der Waals surface area contributed by atoms with E-state index in [9.17, 15) is 18.5 Å². The first-order chi connectivity index (χ1) is 6.34. The molecule has 0 fully saturated rings. The second-order valence-electron chi connectivity index (χ2n) is 2.39. The number of hydrogen-bond donors (Lipinski definition) is 1. The van der Waals surface area contributed by atoms with E-state index in [1.807, 2.05) is 0 Å². The van der Waals surface area contributed by atoms with E-state index in [-0.39, 0.29) is 0 Å². The van der Waals surface area contributed by atoms with Crippen LogP contribution in [0, 0.1) is 10.1 Å². The van der Waals surface area contributed by atoms with Crippen LogP contribution < -0.4 is 5.14 Å². The molecule has 0 bridgehead atoms. The lowest BCUT2D eigenvalue weighted by atomic mass is 10.3. The van der Waals surface area contributed by atoms with E-state index in [0.717, 1.165) is 12.1 Å². The highest BCUT2D eigenvalue weighted by Crippen LogP contribution is 2.29. The van der Waals surface area contributed by atoms with Gasteiger partial charge in [0.25, 0.3) is 5.69 Å². The normalized spacial score (nSPS) is 11.3. The van der Waals surface area contributed by atoms with Crippen LogP contribution in [0.5, 0.6) is 0 Å². The van der Waals surface area contributed by atoms with Crippen molar-refractivity contribution in [3.8, 4) is 0 Å². The van der Waals surface area contributed by atoms with E-state index in [0.29, 0.717) is 0 Å². The fourth-order valence-electron chi connectivity index (χ4n) is 0.860.